The number of amides is 1. The Labute approximate surface area is 212 Å². The van der Waals surface area contributed by atoms with Crippen molar-refractivity contribution in [3.63, 3.8) is 0 Å². The third-order valence-electron chi connectivity index (χ3n) is 6.18. The van der Waals surface area contributed by atoms with Gasteiger partial charge in [0.1, 0.15) is 29.1 Å². The molecule has 1 saturated heterocycles. The van der Waals surface area contributed by atoms with Gasteiger partial charge in [-0.2, -0.15) is 0 Å². The van der Waals surface area contributed by atoms with Crippen LogP contribution in [0, 0.1) is 13.8 Å². The number of benzene rings is 2. The first-order valence-electron chi connectivity index (χ1n) is 11.5. The Hall–Kier alpha value is -4.01. The molecule has 2 heterocycles. The van der Waals surface area contributed by atoms with Crippen molar-refractivity contribution in [3.05, 3.63) is 88.4 Å². The lowest BCUT2D eigenvalue weighted by atomic mass is 9.84. The Bertz CT molecular complexity index is 1390. The maximum Gasteiger partial charge on any atom is 0.573 e. The van der Waals surface area contributed by atoms with Gasteiger partial charge in [0.15, 0.2) is 0 Å². The number of ketones is 1. The lowest BCUT2D eigenvalue weighted by Crippen LogP contribution is -2.29. The first-order chi connectivity index (χ1) is 17.2. The number of alkyl halides is 3. The number of ether oxygens (including phenoxy) is 1. The molecule has 2 aromatic carbocycles. The zero-order valence-electron chi connectivity index (χ0n) is 20.9. The number of carbonyl (C=O) groups is 2. The van der Waals surface area contributed by atoms with Crippen LogP contribution in [0.3, 0.4) is 0 Å². The zero-order valence-corrected chi connectivity index (χ0v) is 20.9. The Balaban J connectivity index is 1.88. The minimum absolute atomic E-state index is 0.134. The van der Waals surface area contributed by atoms with Crippen molar-refractivity contribution in [3.8, 4) is 5.75 Å². The fraction of sp³-hybridized carbons (Fsp3) is 0.286. The average molecular weight is 514 g/mol. The van der Waals surface area contributed by atoms with Crippen molar-refractivity contribution in [1.82, 2.24) is 0 Å². The van der Waals surface area contributed by atoms with E-state index < -0.39 is 29.8 Å². The largest absolute Gasteiger partial charge is 0.573 e. The van der Waals surface area contributed by atoms with Crippen molar-refractivity contribution in [2.75, 3.05) is 4.90 Å². The lowest BCUT2D eigenvalue weighted by Gasteiger charge is -2.24. The summed E-state index contributed by atoms with van der Waals surface area (Å²) >= 11 is 0. The number of aliphatic hydroxyl groups excluding tert-OH is 1. The first-order valence-corrected chi connectivity index (χ1v) is 11.5. The van der Waals surface area contributed by atoms with Crippen LogP contribution in [0.4, 0.5) is 18.9 Å². The number of nitrogens with zero attached hydrogens (tertiary/aromatic N) is 1. The van der Waals surface area contributed by atoms with Crippen molar-refractivity contribution in [2.24, 2.45) is 0 Å². The van der Waals surface area contributed by atoms with Crippen LogP contribution in [0.5, 0.6) is 5.75 Å². The molecule has 1 amide bonds. The molecule has 194 valence electrons. The third-order valence-corrected chi connectivity index (χ3v) is 6.18. The summed E-state index contributed by atoms with van der Waals surface area (Å²) < 4.78 is 47.5. The molecule has 0 saturated carbocycles. The van der Waals surface area contributed by atoms with Crippen molar-refractivity contribution in [1.29, 1.82) is 0 Å². The van der Waals surface area contributed by atoms with Crippen LogP contribution in [0.15, 0.2) is 64.6 Å². The van der Waals surface area contributed by atoms with E-state index >= 15 is 0 Å². The molecule has 1 unspecified atom stereocenters. The number of aliphatic hydroxyl groups is 1. The molecule has 1 aliphatic heterocycles. The summed E-state index contributed by atoms with van der Waals surface area (Å²) in [6.07, 6.45) is -4.88. The molecule has 0 aliphatic carbocycles. The van der Waals surface area contributed by atoms with E-state index in [2.05, 4.69) is 4.74 Å². The van der Waals surface area contributed by atoms with E-state index in [1.807, 2.05) is 32.9 Å². The summed E-state index contributed by atoms with van der Waals surface area (Å²) in [6.45, 7) is 9.51. The van der Waals surface area contributed by atoms with E-state index in [-0.39, 0.29) is 28.2 Å². The highest BCUT2D eigenvalue weighted by Crippen LogP contribution is 2.43. The molecular formula is C28H26F3NO5. The molecule has 37 heavy (non-hydrogen) atoms. The van der Waals surface area contributed by atoms with Crippen LogP contribution in [-0.4, -0.2) is 23.2 Å². The van der Waals surface area contributed by atoms with Gasteiger partial charge in [-0.25, -0.2) is 0 Å². The Morgan fingerprint density at radius 2 is 1.62 bits per heavy atom. The summed E-state index contributed by atoms with van der Waals surface area (Å²) in [5.41, 5.74) is 1.72. The molecule has 4 rings (SSSR count). The Morgan fingerprint density at radius 1 is 0.973 bits per heavy atom. The topological polar surface area (TPSA) is 80.0 Å². The molecule has 1 aliphatic rings. The van der Waals surface area contributed by atoms with Crippen LogP contribution in [0.2, 0.25) is 0 Å². The monoisotopic (exact) mass is 513 g/mol. The van der Waals surface area contributed by atoms with Gasteiger partial charge in [-0.05, 0) is 72.9 Å². The van der Waals surface area contributed by atoms with Gasteiger partial charge in [-0.1, -0.05) is 32.9 Å². The Kier molecular flexibility index (Phi) is 6.44. The molecule has 0 radical (unpaired) electrons. The van der Waals surface area contributed by atoms with Gasteiger partial charge in [0.25, 0.3) is 11.7 Å². The second kappa shape index (κ2) is 9.14. The van der Waals surface area contributed by atoms with Crippen molar-refractivity contribution in [2.45, 2.75) is 52.4 Å². The summed E-state index contributed by atoms with van der Waals surface area (Å²) in [7, 11) is 0. The smallest absolute Gasteiger partial charge is 0.507 e. The highest BCUT2D eigenvalue weighted by Gasteiger charge is 2.48. The minimum Gasteiger partial charge on any atom is -0.507 e. The quantitative estimate of drug-likeness (QED) is 0.238. The molecule has 0 spiro atoms. The number of aryl methyl sites for hydroxylation is 2. The van der Waals surface area contributed by atoms with Crippen molar-refractivity contribution >= 4 is 23.1 Å². The molecule has 9 heteroatoms. The van der Waals surface area contributed by atoms with Gasteiger partial charge >= 0.3 is 6.36 Å². The van der Waals surface area contributed by atoms with E-state index in [4.69, 9.17) is 4.42 Å². The summed E-state index contributed by atoms with van der Waals surface area (Å²) in [6, 6.07) is 12.2. The van der Waals surface area contributed by atoms with E-state index in [0.29, 0.717) is 16.9 Å². The summed E-state index contributed by atoms with van der Waals surface area (Å²) in [4.78, 5) is 27.7. The molecule has 1 N–H and O–H groups in total. The normalized spacial score (nSPS) is 17.9. The number of Topliss-reactive ketones (excluding diaryl/α,β-unsaturated/α-hetero) is 1. The van der Waals surface area contributed by atoms with Gasteiger partial charge < -0.3 is 14.3 Å². The lowest BCUT2D eigenvalue weighted by molar-refractivity contribution is -0.274. The molecule has 3 aromatic rings. The van der Waals surface area contributed by atoms with Crippen LogP contribution in [-0.2, 0) is 15.0 Å². The second-order valence-corrected chi connectivity index (χ2v) is 9.94. The van der Waals surface area contributed by atoms with Gasteiger partial charge in [-0.15, -0.1) is 13.2 Å². The van der Waals surface area contributed by atoms with Crippen LogP contribution in [0.1, 0.15) is 55.0 Å². The SMILES string of the molecule is Cc1ccc(C2/C(=C(\O)c3cc(C(C)(C)C)ccc3C)C(=O)C(=O)N2c2ccc(OC(F)(F)F)cc2)o1. The van der Waals surface area contributed by atoms with Crippen LogP contribution >= 0.6 is 0 Å². The molecule has 1 atom stereocenters. The number of hydrogen-bond acceptors (Lipinski definition) is 5. The molecule has 1 fully saturated rings. The predicted molar refractivity (Wildman–Crippen MR) is 131 cm³/mol. The predicted octanol–water partition coefficient (Wildman–Crippen LogP) is 6.72. The van der Waals surface area contributed by atoms with Crippen LogP contribution < -0.4 is 9.64 Å². The van der Waals surface area contributed by atoms with Gasteiger partial charge in [-0.3, -0.25) is 14.5 Å². The van der Waals surface area contributed by atoms with E-state index in [9.17, 15) is 27.9 Å². The third kappa shape index (κ3) is 5.12. The highest BCUT2D eigenvalue weighted by atomic mass is 19.4. The average Bonchev–Trinajstić information content (AvgIpc) is 3.33. The summed E-state index contributed by atoms with van der Waals surface area (Å²) in [5.74, 6) is -1.99. The fourth-order valence-electron chi connectivity index (χ4n) is 4.27. The molecule has 1 aromatic heterocycles. The molecule has 0 bridgehead atoms. The first kappa shape index (κ1) is 26.1. The maximum absolute atomic E-state index is 13.3. The second-order valence-electron chi connectivity index (χ2n) is 9.94. The highest BCUT2D eigenvalue weighted by molar-refractivity contribution is 6.51. The fourth-order valence-corrected chi connectivity index (χ4v) is 4.27. The maximum atomic E-state index is 13.3. The number of hydrogen-bond donors (Lipinski definition) is 1. The Morgan fingerprint density at radius 3 is 2.16 bits per heavy atom. The molecular weight excluding hydrogens is 487 g/mol. The summed E-state index contributed by atoms with van der Waals surface area (Å²) in [5, 5.41) is 11.4. The van der Waals surface area contributed by atoms with Gasteiger partial charge in [0.2, 0.25) is 0 Å². The van der Waals surface area contributed by atoms with E-state index in [1.165, 1.54) is 12.1 Å². The minimum atomic E-state index is -4.88. The van der Waals surface area contributed by atoms with Crippen LogP contribution in [0.25, 0.3) is 5.76 Å². The van der Waals surface area contributed by atoms with E-state index in [0.717, 1.165) is 22.6 Å². The standard InChI is InChI=1S/C28H26F3NO5/c1-15-6-8-17(27(3,4)5)14-20(15)24(33)22-23(21-13-7-16(2)36-21)32(26(35)25(22)34)18-9-11-19(12-10-18)37-28(29,30)31/h6-14,23,33H,1-5H3/b24-22+. The van der Waals surface area contributed by atoms with E-state index in [1.54, 1.807) is 32.0 Å². The number of carbonyl (C=O) groups excluding carboxylic acids is 2. The number of rotatable bonds is 4. The number of anilines is 1. The zero-order chi connectivity index (χ0) is 27.3. The van der Waals surface area contributed by atoms with Gasteiger partial charge in [0, 0.05) is 11.3 Å². The molecule has 6 nitrogen and oxygen atoms in total. The number of furan rings is 1. The van der Waals surface area contributed by atoms with Gasteiger partial charge in [0.05, 0.1) is 5.57 Å². The number of halogens is 3. The van der Waals surface area contributed by atoms with Crippen molar-refractivity contribution < 1.29 is 37.0 Å².